The standard InChI is InChI=1S/C8H13N3O2/c1-8(2,3)11-7(13)10-6(12)4-5-9/h4H2,1-3H3,(H2,10,11,12,13). The zero-order valence-corrected chi connectivity index (χ0v) is 7.97. The third-order valence-electron chi connectivity index (χ3n) is 0.981. The molecule has 0 aliphatic rings. The second kappa shape index (κ2) is 4.45. The Balaban J connectivity index is 3.90. The second-order valence-electron chi connectivity index (χ2n) is 3.59. The number of imide groups is 1. The Hall–Kier alpha value is -1.57. The van der Waals surface area contributed by atoms with E-state index >= 15 is 0 Å². The number of rotatable bonds is 1. The second-order valence-corrected chi connectivity index (χ2v) is 3.59. The molecule has 0 aliphatic heterocycles. The maximum absolute atomic E-state index is 11.0. The molecule has 0 rings (SSSR count). The summed E-state index contributed by atoms with van der Waals surface area (Å²) in [5.41, 5.74) is -0.392. The van der Waals surface area contributed by atoms with Crippen molar-refractivity contribution in [3.8, 4) is 6.07 Å². The average molecular weight is 183 g/mol. The van der Waals surface area contributed by atoms with Gasteiger partial charge in [0.2, 0.25) is 5.91 Å². The summed E-state index contributed by atoms with van der Waals surface area (Å²) >= 11 is 0. The molecule has 0 heterocycles. The van der Waals surface area contributed by atoms with Gasteiger partial charge in [-0.15, -0.1) is 0 Å². The van der Waals surface area contributed by atoms with Gasteiger partial charge in [0.05, 0.1) is 6.07 Å². The molecule has 0 radical (unpaired) electrons. The lowest BCUT2D eigenvalue weighted by Crippen LogP contribution is -2.48. The molecular weight excluding hydrogens is 170 g/mol. The van der Waals surface area contributed by atoms with E-state index in [1.54, 1.807) is 26.8 Å². The zero-order valence-electron chi connectivity index (χ0n) is 7.97. The third-order valence-corrected chi connectivity index (χ3v) is 0.981. The molecule has 0 unspecified atom stereocenters. The molecule has 13 heavy (non-hydrogen) atoms. The van der Waals surface area contributed by atoms with E-state index in [1.165, 1.54) is 0 Å². The molecular formula is C8H13N3O2. The van der Waals surface area contributed by atoms with E-state index in [2.05, 4.69) is 5.32 Å². The van der Waals surface area contributed by atoms with Gasteiger partial charge in [-0.1, -0.05) is 0 Å². The summed E-state index contributed by atoms with van der Waals surface area (Å²) in [7, 11) is 0. The lowest BCUT2D eigenvalue weighted by atomic mass is 10.1. The lowest BCUT2D eigenvalue weighted by Gasteiger charge is -2.19. The summed E-state index contributed by atoms with van der Waals surface area (Å²) in [4.78, 5) is 21.7. The number of urea groups is 1. The van der Waals surface area contributed by atoms with Crippen LogP contribution in [0.5, 0.6) is 0 Å². The van der Waals surface area contributed by atoms with Crippen LogP contribution in [0.15, 0.2) is 0 Å². The molecule has 0 saturated heterocycles. The maximum Gasteiger partial charge on any atom is 0.321 e. The minimum atomic E-state index is -0.593. The van der Waals surface area contributed by atoms with Crippen LogP contribution in [0.1, 0.15) is 27.2 Å². The number of amides is 3. The third kappa shape index (κ3) is 6.81. The van der Waals surface area contributed by atoms with Gasteiger partial charge in [-0.2, -0.15) is 5.26 Å². The van der Waals surface area contributed by atoms with Crippen LogP contribution in [-0.4, -0.2) is 17.5 Å². The Kier molecular flexibility index (Phi) is 3.92. The van der Waals surface area contributed by atoms with Crippen LogP contribution in [0.3, 0.4) is 0 Å². The Morgan fingerprint density at radius 3 is 2.31 bits per heavy atom. The number of carbonyl (C=O) groups is 2. The van der Waals surface area contributed by atoms with Crippen LogP contribution in [-0.2, 0) is 4.79 Å². The molecule has 0 spiro atoms. The predicted octanol–water partition coefficient (Wildman–Crippen LogP) is 0.524. The number of nitrogens with zero attached hydrogens (tertiary/aromatic N) is 1. The molecule has 0 fully saturated rings. The maximum atomic E-state index is 11.0. The van der Waals surface area contributed by atoms with E-state index in [9.17, 15) is 9.59 Å². The lowest BCUT2D eigenvalue weighted by molar-refractivity contribution is -0.119. The summed E-state index contributed by atoms with van der Waals surface area (Å²) < 4.78 is 0. The van der Waals surface area contributed by atoms with Crippen molar-refractivity contribution in [1.82, 2.24) is 10.6 Å². The quantitative estimate of drug-likeness (QED) is 0.621. The zero-order chi connectivity index (χ0) is 10.5. The Bertz CT molecular complexity index is 247. The average Bonchev–Trinajstić information content (AvgIpc) is 1.81. The first-order chi connectivity index (χ1) is 5.85. The van der Waals surface area contributed by atoms with Crippen molar-refractivity contribution in [2.24, 2.45) is 0 Å². The molecule has 5 heteroatoms. The van der Waals surface area contributed by atoms with Gasteiger partial charge in [0.15, 0.2) is 0 Å². The van der Waals surface area contributed by atoms with Crippen LogP contribution in [0, 0.1) is 11.3 Å². The fourth-order valence-corrected chi connectivity index (χ4v) is 0.614. The fourth-order valence-electron chi connectivity index (χ4n) is 0.614. The van der Waals surface area contributed by atoms with Gasteiger partial charge in [-0.25, -0.2) is 4.79 Å². The summed E-state index contributed by atoms with van der Waals surface area (Å²) in [6, 6.07) is 1.07. The largest absolute Gasteiger partial charge is 0.333 e. The molecule has 0 aliphatic carbocycles. The summed E-state index contributed by atoms with van der Waals surface area (Å²) in [6.07, 6.45) is -0.308. The van der Waals surface area contributed by atoms with Crippen molar-refractivity contribution in [2.75, 3.05) is 0 Å². The van der Waals surface area contributed by atoms with E-state index in [4.69, 9.17) is 5.26 Å². The van der Waals surface area contributed by atoms with Crippen molar-refractivity contribution >= 4 is 11.9 Å². The highest BCUT2D eigenvalue weighted by atomic mass is 16.2. The molecule has 5 nitrogen and oxygen atoms in total. The molecule has 0 aromatic rings. The topological polar surface area (TPSA) is 82.0 Å². The van der Waals surface area contributed by atoms with Crippen LogP contribution >= 0.6 is 0 Å². The Morgan fingerprint density at radius 1 is 1.38 bits per heavy atom. The van der Waals surface area contributed by atoms with Gasteiger partial charge >= 0.3 is 6.03 Å². The highest BCUT2D eigenvalue weighted by Gasteiger charge is 2.14. The predicted molar refractivity (Wildman–Crippen MR) is 46.7 cm³/mol. The number of nitriles is 1. The van der Waals surface area contributed by atoms with Crippen LogP contribution in [0.4, 0.5) is 4.79 Å². The van der Waals surface area contributed by atoms with Crippen molar-refractivity contribution in [2.45, 2.75) is 32.7 Å². The number of carbonyl (C=O) groups excluding carboxylic acids is 2. The van der Waals surface area contributed by atoms with Crippen molar-refractivity contribution in [1.29, 1.82) is 5.26 Å². The Morgan fingerprint density at radius 2 is 1.92 bits per heavy atom. The monoisotopic (exact) mass is 183 g/mol. The van der Waals surface area contributed by atoms with E-state index in [0.29, 0.717) is 0 Å². The van der Waals surface area contributed by atoms with Crippen LogP contribution in [0.25, 0.3) is 0 Å². The first-order valence-electron chi connectivity index (χ1n) is 3.84. The number of nitrogens with one attached hydrogen (secondary N) is 2. The van der Waals surface area contributed by atoms with Crippen LogP contribution < -0.4 is 10.6 Å². The molecule has 3 amide bonds. The fraction of sp³-hybridized carbons (Fsp3) is 0.625. The smallest absolute Gasteiger partial charge is 0.321 e. The Labute approximate surface area is 77.1 Å². The molecule has 0 bridgehead atoms. The molecule has 72 valence electrons. The highest BCUT2D eigenvalue weighted by molar-refractivity contribution is 5.95. The van der Waals surface area contributed by atoms with Gasteiger partial charge in [-0.3, -0.25) is 10.1 Å². The first kappa shape index (κ1) is 11.4. The van der Waals surface area contributed by atoms with Crippen molar-refractivity contribution in [3.05, 3.63) is 0 Å². The van der Waals surface area contributed by atoms with E-state index in [-0.39, 0.29) is 6.42 Å². The number of hydrogen-bond acceptors (Lipinski definition) is 3. The normalized spacial score (nSPS) is 10.0. The minimum absolute atomic E-state index is 0.308. The summed E-state index contributed by atoms with van der Waals surface area (Å²) in [6.45, 7) is 5.38. The number of hydrogen-bond donors (Lipinski definition) is 2. The van der Waals surface area contributed by atoms with E-state index in [0.717, 1.165) is 0 Å². The van der Waals surface area contributed by atoms with E-state index < -0.39 is 17.5 Å². The van der Waals surface area contributed by atoms with Crippen LogP contribution in [0.2, 0.25) is 0 Å². The van der Waals surface area contributed by atoms with Gasteiger partial charge in [0, 0.05) is 5.54 Å². The van der Waals surface area contributed by atoms with E-state index in [1.807, 2.05) is 5.32 Å². The first-order valence-corrected chi connectivity index (χ1v) is 3.84. The summed E-state index contributed by atoms with van der Waals surface area (Å²) in [5.74, 6) is -0.593. The molecule has 0 aromatic heterocycles. The minimum Gasteiger partial charge on any atom is -0.333 e. The van der Waals surface area contributed by atoms with Gasteiger partial charge in [0.25, 0.3) is 0 Å². The molecule has 0 atom stereocenters. The highest BCUT2D eigenvalue weighted by Crippen LogP contribution is 1.97. The van der Waals surface area contributed by atoms with Gasteiger partial charge < -0.3 is 5.32 Å². The van der Waals surface area contributed by atoms with Crippen molar-refractivity contribution in [3.63, 3.8) is 0 Å². The van der Waals surface area contributed by atoms with Gasteiger partial charge in [-0.05, 0) is 20.8 Å². The molecule has 0 aromatic carbocycles. The SMILES string of the molecule is CC(C)(C)NC(=O)NC(=O)CC#N. The summed E-state index contributed by atoms with van der Waals surface area (Å²) in [5, 5.41) is 12.7. The molecule has 2 N–H and O–H groups in total. The van der Waals surface area contributed by atoms with Crippen molar-refractivity contribution < 1.29 is 9.59 Å². The molecule has 0 saturated carbocycles. The van der Waals surface area contributed by atoms with Gasteiger partial charge in [0.1, 0.15) is 6.42 Å².